The molecule has 1 unspecified atom stereocenters. The van der Waals surface area contributed by atoms with Crippen LogP contribution >= 0.6 is 7.37 Å². The number of hydrogen-bond acceptors (Lipinski definition) is 5. The zero-order chi connectivity index (χ0) is 21.7. The van der Waals surface area contributed by atoms with Crippen LogP contribution < -0.4 is 11.5 Å². The average Bonchev–Trinajstić information content (AvgIpc) is 2.68. The molecule has 6 N–H and O–H groups in total. The summed E-state index contributed by atoms with van der Waals surface area (Å²) in [6, 6.07) is 16.9. The topological polar surface area (TPSA) is 144 Å². The normalized spacial score (nSPS) is 16.4. The molecule has 0 aliphatic heterocycles. The maximum Gasteiger partial charge on any atom is 0.331 e. The molecule has 0 saturated carbocycles. The zero-order valence-corrected chi connectivity index (χ0v) is 17.2. The minimum absolute atomic E-state index is 0.0489. The first kappa shape index (κ1) is 23.0. The smallest absolute Gasteiger partial charge is 0.331 e. The van der Waals surface area contributed by atoms with Gasteiger partial charge in [-0.05, 0) is 30.0 Å². The highest BCUT2D eigenvalue weighted by molar-refractivity contribution is 7.58. The van der Waals surface area contributed by atoms with Crippen molar-refractivity contribution >= 4 is 19.1 Å². The second-order valence-electron chi connectivity index (χ2n) is 7.26. The van der Waals surface area contributed by atoms with Gasteiger partial charge >= 0.3 is 5.97 Å². The van der Waals surface area contributed by atoms with Crippen LogP contribution in [0.3, 0.4) is 0 Å². The molecule has 0 aromatic heterocycles. The summed E-state index contributed by atoms with van der Waals surface area (Å²) in [5.74, 6) is -3.00. The first-order valence-electron chi connectivity index (χ1n) is 9.33. The highest BCUT2D eigenvalue weighted by Gasteiger charge is 2.41. The van der Waals surface area contributed by atoms with E-state index in [1.807, 2.05) is 42.5 Å². The third-order valence-corrected chi connectivity index (χ3v) is 7.17. The Labute approximate surface area is 170 Å². The lowest BCUT2D eigenvalue weighted by atomic mass is 9.85. The molecule has 8 heteroatoms. The maximum atomic E-state index is 12.5. The standard InChI is InChI=1S/C21H27N2O5P/c1-15(22)29(27,28)13-5-8-19(24)21(23,20(25)26)14-16-9-11-18(12-10-16)17-6-3-2-4-7-17/h2-4,6-7,9-12,15H,5,8,13-14,22-23H2,1H3,(H,25,26)(H,27,28)/t15-,21+/m1/s1. The molecule has 0 saturated heterocycles. The van der Waals surface area contributed by atoms with Crippen LogP contribution in [0.5, 0.6) is 0 Å². The highest BCUT2D eigenvalue weighted by Crippen LogP contribution is 2.44. The number of carbonyl (C=O) groups is 2. The van der Waals surface area contributed by atoms with Crippen molar-refractivity contribution in [3.63, 3.8) is 0 Å². The number of hydrogen-bond donors (Lipinski definition) is 4. The van der Waals surface area contributed by atoms with Gasteiger partial charge in [0.2, 0.25) is 7.37 Å². The summed E-state index contributed by atoms with van der Waals surface area (Å²) < 4.78 is 11.9. The summed E-state index contributed by atoms with van der Waals surface area (Å²) in [5, 5.41) is 9.57. The molecule has 2 aromatic carbocycles. The van der Waals surface area contributed by atoms with Crippen LogP contribution in [0.4, 0.5) is 0 Å². The number of carboxylic acids is 1. The second-order valence-corrected chi connectivity index (χ2v) is 10.0. The predicted octanol–water partition coefficient (Wildman–Crippen LogP) is 2.60. The van der Waals surface area contributed by atoms with Crippen LogP contribution in [0.2, 0.25) is 0 Å². The largest absolute Gasteiger partial charge is 0.480 e. The van der Waals surface area contributed by atoms with Crippen molar-refractivity contribution in [2.24, 2.45) is 11.5 Å². The van der Waals surface area contributed by atoms with Crippen LogP contribution in [0.1, 0.15) is 25.3 Å². The van der Waals surface area contributed by atoms with Crippen LogP contribution in [0.25, 0.3) is 11.1 Å². The van der Waals surface area contributed by atoms with Crippen LogP contribution in [-0.2, 0) is 20.6 Å². The Hall–Kier alpha value is -2.31. The maximum absolute atomic E-state index is 12.5. The fourth-order valence-corrected chi connectivity index (χ4v) is 3.97. The Bertz CT molecular complexity index is 899. The summed E-state index contributed by atoms with van der Waals surface area (Å²) in [5.41, 5.74) is 11.9. The molecule has 3 atom stereocenters. The zero-order valence-electron chi connectivity index (χ0n) is 16.3. The van der Waals surface area contributed by atoms with Crippen molar-refractivity contribution in [3.8, 4) is 11.1 Å². The van der Waals surface area contributed by atoms with Crippen molar-refractivity contribution in [1.82, 2.24) is 0 Å². The Morgan fingerprint density at radius 1 is 1.07 bits per heavy atom. The van der Waals surface area contributed by atoms with E-state index >= 15 is 0 Å². The van der Waals surface area contributed by atoms with Crippen LogP contribution in [0.15, 0.2) is 54.6 Å². The Morgan fingerprint density at radius 3 is 2.14 bits per heavy atom. The summed E-state index contributed by atoms with van der Waals surface area (Å²) in [4.78, 5) is 34.0. The second kappa shape index (κ2) is 9.46. The van der Waals surface area contributed by atoms with E-state index in [0.717, 1.165) is 11.1 Å². The number of Topliss-reactive ketones (excluding diaryl/α,β-unsaturated/α-hetero) is 1. The van der Waals surface area contributed by atoms with Gasteiger partial charge < -0.3 is 21.5 Å². The van der Waals surface area contributed by atoms with Gasteiger partial charge in [0.25, 0.3) is 0 Å². The van der Waals surface area contributed by atoms with Gasteiger partial charge in [0, 0.05) is 19.0 Å². The molecule has 0 heterocycles. The minimum Gasteiger partial charge on any atom is -0.480 e. The number of carboxylic acid groups (broad SMARTS) is 1. The van der Waals surface area contributed by atoms with Crippen molar-refractivity contribution in [2.45, 2.75) is 37.5 Å². The first-order chi connectivity index (χ1) is 13.6. The lowest BCUT2D eigenvalue weighted by Crippen LogP contribution is -2.56. The molecule has 0 radical (unpaired) electrons. The van der Waals surface area contributed by atoms with Crippen LogP contribution in [-0.4, -0.2) is 39.2 Å². The van der Waals surface area contributed by atoms with Crippen molar-refractivity contribution in [1.29, 1.82) is 0 Å². The lowest BCUT2D eigenvalue weighted by molar-refractivity contribution is -0.148. The number of carbonyl (C=O) groups excluding carboxylic acids is 1. The van der Waals surface area contributed by atoms with Gasteiger partial charge in [-0.3, -0.25) is 9.36 Å². The van der Waals surface area contributed by atoms with E-state index in [1.165, 1.54) is 6.92 Å². The quantitative estimate of drug-likeness (QED) is 0.343. The molecule has 2 rings (SSSR count). The number of benzene rings is 2. The van der Waals surface area contributed by atoms with E-state index in [4.69, 9.17) is 11.5 Å². The molecule has 0 fully saturated rings. The number of aliphatic carboxylic acids is 1. The fourth-order valence-electron chi connectivity index (χ4n) is 2.95. The average molecular weight is 418 g/mol. The Kier molecular flexibility index (Phi) is 7.49. The van der Waals surface area contributed by atoms with Gasteiger partial charge in [-0.2, -0.15) is 0 Å². The number of ketones is 1. The molecule has 0 amide bonds. The van der Waals surface area contributed by atoms with Crippen LogP contribution in [0, 0.1) is 0 Å². The predicted molar refractivity (Wildman–Crippen MR) is 113 cm³/mol. The summed E-state index contributed by atoms with van der Waals surface area (Å²) in [6.45, 7) is 1.42. The molecule has 0 bridgehead atoms. The third kappa shape index (κ3) is 5.84. The van der Waals surface area contributed by atoms with E-state index in [9.17, 15) is 24.2 Å². The lowest BCUT2D eigenvalue weighted by Gasteiger charge is -2.24. The molecule has 0 aliphatic rings. The van der Waals surface area contributed by atoms with Gasteiger partial charge in [0.15, 0.2) is 11.3 Å². The van der Waals surface area contributed by atoms with Gasteiger partial charge in [0.05, 0.1) is 5.78 Å². The van der Waals surface area contributed by atoms with Crippen molar-refractivity contribution < 1.29 is 24.2 Å². The third-order valence-electron chi connectivity index (χ3n) is 4.94. The van der Waals surface area contributed by atoms with E-state index in [-0.39, 0.29) is 25.4 Å². The minimum atomic E-state index is -3.56. The number of rotatable bonds is 10. The first-order valence-corrected chi connectivity index (χ1v) is 11.2. The molecular weight excluding hydrogens is 391 g/mol. The molecule has 156 valence electrons. The van der Waals surface area contributed by atoms with Gasteiger partial charge in [0.1, 0.15) is 0 Å². The van der Waals surface area contributed by atoms with Gasteiger partial charge in [-0.25, -0.2) is 4.79 Å². The monoisotopic (exact) mass is 418 g/mol. The summed E-state index contributed by atoms with van der Waals surface area (Å²) >= 11 is 0. The van der Waals surface area contributed by atoms with Gasteiger partial charge in [-0.15, -0.1) is 0 Å². The molecule has 29 heavy (non-hydrogen) atoms. The van der Waals surface area contributed by atoms with E-state index in [1.54, 1.807) is 12.1 Å². The Balaban J connectivity index is 2.08. The Morgan fingerprint density at radius 2 is 1.62 bits per heavy atom. The fraction of sp³-hybridized carbons (Fsp3) is 0.333. The van der Waals surface area contributed by atoms with E-state index < -0.39 is 30.4 Å². The summed E-state index contributed by atoms with van der Waals surface area (Å²) in [7, 11) is -3.56. The highest BCUT2D eigenvalue weighted by atomic mass is 31.2. The molecular formula is C21H27N2O5P. The van der Waals surface area contributed by atoms with E-state index in [0.29, 0.717) is 5.56 Å². The summed E-state index contributed by atoms with van der Waals surface area (Å²) in [6.07, 6.45) is -0.478. The van der Waals surface area contributed by atoms with Crippen molar-refractivity contribution in [2.75, 3.05) is 6.16 Å². The molecule has 7 nitrogen and oxygen atoms in total. The van der Waals surface area contributed by atoms with Gasteiger partial charge in [-0.1, -0.05) is 54.6 Å². The molecule has 0 spiro atoms. The van der Waals surface area contributed by atoms with Crippen molar-refractivity contribution in [3.05, 3.63) is 60.2 Å². The number of nitrogens with two attached hydrogens (primary N) is 2. The molecule has 2 aromatic rings. The SMILES string of the molecule is C[C@H](N)P(=O)(O)CCCC(=O)[C@@](N)(Cc1ccc(-c2ccccc2)cc1)C(=O)O. The van der Waals surface area contributed by atoms with E-state index in [2.05, 4.69) is 0 Å². The molecule has 0 aliphatic carbocycles.